The third-order valence-electron chi connectivity index (χ3n) is 4.58. The Morgan fingerprint density at radius 1 is 1.07 bits per heavy atom. The van der Waals surface area contributed by atoms with E-state index in [9.17, 15) is 18.0 Å². The number of methoxy groups -OCH3 is 2. The van der Waals surface area contributed by atoms with Gasteiger partial charge in [0.1, 0.15) is 23.1 Å². The highest BCUT2D eigenvalue weighted by Crippen LogP contribution is 2.33. The van der Waals surface area contributed by atoms with Crippen LogP contribution in [-0.2, 0) is 7.05 Å². The summed E-state index contributed by atoms with van der Waals surface area (Å²) in [6.45, 7) is 1.59. The van der Waals surface area contributed by atoms with Crippen molar-refractivity contribution in [1.29, 1.82) is 0 Å². The van der Waals surface area contributed by atoms with Crippen molar-refractivity contribution >= 4 is 5.91 Å². The van der Waals surface area contributed by atoms with Crippen molar-refractivity contribution in [3.05, 3.63) is 65.1 Å². The smallest absolute Gasteiger partial charge is 0.255 e. The van der Waals surface area contributed by atoms with Crippen molar-refractivity contribution in [3.63, 3.8) is 0 Å². The second-order valence-corrected chi connectivity index (χ2v) is 6.61. The maximum Gasteiger partial charge on any atom is 0.255 e. The van der Waals surface area contributed by atoms with Gasteiger partial charge in [-0.05, 0) is 25.1 Å². The van der Waals surface area contributed by atoms with Gasteiger partial charge >= 0.3 is 0 Å². The maximum atomic E-state index is 14.5. The van der Waals surface area contributed by atoms with Crippen LogP contribution in [0.2, 0.25) is 0 Å². The first-order valence-electron chi connectivity index (χ1n) is 8.96. The number of hydrogen-bond donors (Lipinski definition) is 1. The minimum Gasteiger partial charge on any atom is -0.493 e. The third kappa shape index (κ3) is 4.10. The van der Waals surface area contributed by atoms with E-state index in [2.05, 4.69) is 10.4 Å². The Bertz CT molecular complexity index is 1100. The lowest BCUT2D eigenvalue weighted by Gasteiger charge is -2.17. The summed E-state index contributed by atoms with van der Waals surface area (Å²) in [5, 5.41) is 6.79. The van der Waals surface area contributed by atoms with E-state index in [-0.39, 0.29) is 28.1 Å². The average molecular weight is 419 g/mol. The Kier molecular flexibility index (Phi) is 6.00. The Morgan fingerprint density at radius 2 is 1.73 bits per heavy atom. The monoisotopic (exact) mass is 419 g/mol. The fourth-order valence-electron chi connectivity index (χ4n) is 3.09. The van der Waals surface area contributed by atoms with Gasteiger partial charge in [0, 0.05) is 36.5 Å². The average Bonchev–Trinajstić information content (AvgIpc) is 3.09. The molecule has 1 N–H and O–H groups in total. The number of amides is 1. The normalized spacial score (nSPS) is 11.8. The molecule has 1 unspecified atom stereocenters. The zero-order valence-corrected chi connectivity index (χ0v) is 16.8. The molecule has 9 heteroatoms. The molecule has 1 heterocycles. The van der Waals surface area contributed by atoms with Crippen LogP contribution in [0, 0.1) is 17.5 Å². The molecular weight excluding hydrogens is 399 g/mol. The van der Waals surface area contributed by atoms with Gasteiger partial charge in [-0.3, -0.25) is 9.48 Å². The molecule has 6 nitrogen and oxygen atoms in total. The molecule has 0 aliphatic heterocycles. The molecule has 158 valence electrons. The molecule has 0 fully saturated rings. The van der Waals surface area contributed by atoms with Gasteiger partial charge in [-0.15, -0.1) is 0 Å². The number of nitrogens with zero attached hydrogens (tertiary/aromatic N) is 2. The highest BCUT2D eigenvalue weighted by molar-refractivity contribution is 6.00. The molecule has 0 bridgehead atoms. The Hall–Kier alpha value is -3.49. The van der Waals surface area contributed by atoms with Crippen molar-refractivity contribution in [3.8, 4) is 22.8 Å². The summed E-state index contributed by atoms with van der Waals surface area (Å²) in [6.07, 6.45) is 1.41. The van der Waals surface area contributed by atoms with E-state index < -0.39 is 29.4 Å². The van der Waals surface area contributed by atoms with Gasteiger partial charge in [-0.25, -0.2) is 13.2 Å². The number of carbonyl (C=O) groups is 1. The number of rotatable bonds is 6. The predicted octanol–water partition coefficient (Wildman–Crippen LogP) is 4.01. The Balaban J connectivity index is 1.92. The van der Waals surface area contributed by atoms with E-state index in [1.54, 1.807) is 14.0 Å². The van der Waals surface area contributed by atoms with Crippen molar-refractivity contribution in [2.24, 2.45) is 7.05 Å². The molecule has 0 saturated heterocycles. The minimum absolute atomic E-state index is 0.0212. The van der Waals surface area contributed by atoms with E-state index in [4.69, 9.17) is 9.47 Å². The van der Waals surface area contributed by atoms with Crippen LogP contribution in [0.5, 0.6) is 11.5 Å². The predicted molar refractivity (Wildman–Crippen MR) is 104 cm³/mol. The summed E-state index contributed by atoms with van der Waals surface area (Å²) in [7, 11) is 4.38. The van der Waals surface area contributed by atoms with Crippen LogP contribution < -0.4 is 14.8 Å². The molecular formula is C21H20F3N3O3. The fraction of sp³-hybridized carbons (Fsp3) is 0.238. The minimum atomic E-state index is -0.846. The standard InChI is InChI=1S/C21H20F3N3O3/c1-11(14-8-18(29-3)19(30-4)9-17(14)24)25-21(28)15-10-27(2)26-20(15)13-6-5-12(22)7-16(13)23/h5-11H,1-4H3,(H,25,28). The van der Waals surface area contributed by atoms with Crippen LogP contribution in [0.3, 0.4) is 0 Å². The molecule has 1 atom stereocenters. The second kappa shape index (κ2) is 8.48. The van der Waals surface area contributed by atoms with Gasteiger partial charge in [0.05, 0.1) is 25.8 Å². The highest BCUT2D eigenvalue weighted by atomic mass is 19.1. The van der Waals surface area contributed by atoms with Gasteiger partial charge in [0.15, 0.2) is 11.5 Å². The van der Waals surface area contributed by atoms with E-state index in [0.717, 1.165) is 6.07 Å². The van der Waals surface area contributed by atoms with Gasteiger partial charge in [-0.2, -0.15) is 5.10 Å². The van der Waals surface area contributed by atoms with Crippen LogP contribution in [0.25, 0.3) is 11.3 Å². The lowest BCUT2D eigenvalue weighted by atomic mass is 10.0. The number of nitrogens with one attached hydrogen (secondary N) is 1. The topological polar surface area (TPSA) is 65.4 Å². The molecule has 0 spiro atoms. The SMILES string of the molecule is COc1cc(F)c(C(C)NC(=O)c2cn(C)nc2-c2ccc(F)cc2F)cc1OC. The zero-order valence-electron chi connectivity index (χ0n) is 16.8. The molecule has 2 aromatic carbocycles. The van der Waals surface area contributed by atoms with Gasteiger partial charge in [0.2, 0.25) is 0 Å². The first-order valence-corrected chi connectivity index (χ1v) is 8.96. The molecule has 30 heavy (non-hydrogen) atoms. The van der Waals surface area contributed by atoms with E-state index in [1.807, 2.05) is 0 Å². The molecule has 1 amide bonds. The van der Waals surface area contributed by atoms with Crippen molar-refractivity contribution < 1.29 is 27.4 Å². The number of aryl methyl sites for hydroxylation is 1. The maximum absolute atomic E-state index is 14.5. The first kappa shape index (κ1) is 21.2. The van der Waals surface area contributed by atoms with Gasteiger partial charge < -0.3 is 14.8 Å². The summed E-state index contributed by atoms with van der Waals surface area (Å²) in [4.78, 5) is 12.9. The van der Waals surface area contributed by atoms with Gasteiger partial charge in [0.25, 0.3) is 5.91 Å². The van der Waals surface area contributed by atoms with E-state index in [1.165, 1.54) is 43.3 Å². The van der Waals surface area contributed by atoms with Crippen LogP contribution >= 0.6 is 0 Å². The van der Waals surface area contributed by atoms with Gasteiger partial charge in [-0.1, -0.05) is 0 Å². The molecule has 0 aliphatic rings. The van der Waals surface area contributed by atoms with Crippen LogP contribution in [0.1, 0.15) is 28.9 Å². The highest BCUT2D eigenvalue weighted by Gasteiger charge is 2.23. The number of benzene rings is 2. The number of ether oxygens (including phenoxy) is 2. The third-order valence-corrected chi connectivity index (χ3v) is 4.58. The second-order valence-electron chi connectivity index (χ2n) is 6.61. The summed E-state index contributed by atoms with van der Waals surface area (Å²) in [6, 6.07) is 4.86. The summed E-state index contributed by atoms with van der Waals surface area (Å²) in [5.74, 6) is -2.23. The number of aromatic nitrogens is 2. The Morgan fingerprint density at radius 3 is 2.37 bits per heavy atom. The summed E-state index contributed by atoms with van der Waals surface area (Å²) in [5.41, 5.74) is 0.273. The first-order chi connectivity index (χ1) is 14.2. The number of carbonyl (C=O) groups excluding carboxylic acids is 1. The van der Waals surface area contributed by atoms with Crippen molar-refractivity contribution in [2.45, 2.75) is 13.0 Å². The van der Waals surface area contributed by atoms with Crippen LogP contribution in [0.15, 0.2) is 36.5 Å². The molecule has 1 aromatic heterocycles. The molecule has 3 rings (SSSR count). The molecule has 0 saturated carbocycles. The lowest BCUT2D eigenvalue weighted by Crippen LogP contribution is -2.27. The molecule has 3 aromatic rings. The largest absolute Gasteiger partial charge is 0.493 e. The fourth-order valence-corrected chi connectivity index (χ4v) is 3.09. The Labute approximate surface area is 171 Å². The zero-order chi connectivity index (χ0) is 22.0. The van der Waals surface area contributed by atoms with E-state index >= 15 is 0 Å². The lowest BCUT2D eigenvalue weighted by molar-refractivity contribution is 0.0940. The summed E-state index contributed by atoms with van der Waals surface area (Å²) >= 11 is 0. The number of hydrogen-bond acceptors (Lipinski definition) is 4. The van der Waals surface area contributed by atoms with Crippen LogP contribution in [0.4, 0.5) is 13.2 Å². The molecule has 0 radical (unpaired) electrons. The number of halogens is 3. The van der Waals surface area contributed by atoms with E-state index in [0.29, 0.717) is 11.8 Å². The summed E-state index contributed by atoms with van der Waals surface area (Å²) < 4.78 is 53.6. The van der Waals surface area contributed by atoms with Crippen molar-refractivity contribution in [2.75, 3.05) is 14.2 Å². The van der Waals surface area contributed by atoms with Crippen molar-refractivity contribution in [1.82, 2.24) is 15.1 Å². The van der Waals surface area contributed by atoms with Crippen LogP contribution in [-0.4, -0.2) is 29.9 Å². The molecule has 0 aliphatic carbocycles. The quantitative estimate of drug-likeness (QED) is 0.656.